The van der Waals surface area contributed by atoms with Crippen LogP contribution in [-0.4, -0.2) is 43.3 Å². The molecule has 0 radical (unpaired) electrons. The van der Waals surface area contributed by atoms with Crippen molar-refractivity contribution in [3.8, 4) is 0 Å². The van der Waals surface area contributed by atoms with Crippen molar-refractivity contribution in [2.24, 2.45) is 17.8 Å². The van der Waals surface area contributed by atoms with Crippen LogP contribution in [0.1, 0.15) is 48.0 Å². The summed E-state index contributed by atoms with van der Waals surface area (Å²) >= 11 is 0. The molecule has 5 nitrogen and oxygen atoms in total. The summed E-state index contributed by atoms with van der Waals surface area (Å²) in [6.45, 7) is 12.6. The van der Waals surface area contributed by atoms with E-state index in [9.17, 15) is 9.59 Å². The lowest BCUT2D eigenvalue weighted by molar-refractivity contribution is -0.150. The van der Waals surface area contributed by atoms with Crippen molar-refractivity contribution in [3.63, 3.8) is 0 Å². The fraction of sp³-hybridized carbons (Fsp3) is 0.875. The van der Waals surface area contributed by atoms with Crippen molar-refractivity contribution in [2.75, 3.05) is 20.3 Å². The van der Waals surface area contributed by atoms with Crippen LogP contribution in [0.3, 0.4) is 0 Å². The summed E-state index contributed by atoms with van der Waals surface area (Å²) in [6.07, 6.45) is 0.0837. The van der Waals surface area contributed by atoms with Crippen LogP contribution in [0.2, 0.25) is 0 Å². The summed E-state index contributed by atoms with van der Waals surface area (Å²) in [6, 6.07) is -0.594. The molecule has 0 saturated heterocycles. The molecule has 1 atom stereocenters. The van der Waals surface area contributed by atoms with Gasteiger partial charge in [0.05, 0.1) is 13.2 Å². The van der Waals surface area contributed by atoms with E-state index in [2.05, 4.69) is 0 Å². The highest BCUT2D eigenvalue weighted by Crippen LogP contribution is 2.14. The second-order valence-electron chi connectivity index (χ2n) is 6.75. The molecular formula is C16H31NO4. The summed E-state index contributed by atoms with van der Waals surface area (Å²) in [5.41, 5.74) is 0. The first-order valence-corrected chi connectivity index (χ1v) is 7.71. The van der Waals surface area contributed by atoms with Gasteiger partial charge in [0.15, 0.2) is 0 Å². The maximum atomic E-state index is 12.2. The predicted molar refractivity (Wildman–Crippen MR) is 83.0 cm³/mol. The average molecular weight is 301 g/mol. The SMILES string of the molecule is CC(C)COC(=O)C(CC(C)C)N(C)C(=O)OCC(C)C. The van der Waals surface area contributed by atoms with Crippen LogP contribution < -0.4 is 0 Å². The first-order chi connectivity index (χ1) is 9.65. The van der Waals surface area contributed by atoms with Gasteiger partial charge in [-0.15, -0.1) is 0 Å². The number of nitrogens with zero attached hydrogens (tertiary/aromatic N) is 1. The molecule has 0 aromatic carbocycles. The van der Waals surface area contributed by atoms with Gasteiger partial charge in [-0.2, -0.15) is 0 Å². The molecule has 0 saturated carbocycles. The van der Waals surface area contributed by atoms with Gasteiger partial charge >= 0.3 is 12.1 Å². The van der Waals surface area contributed by atoms with E-state index in [0.717, 1.165) is 0 Å². The second kappa shape index (κ2) is 9.64. The smallest absolute Gasteiger partial charge is 0.410 e. The molecule has 0 spiro atoms. The molecule has 5 heteroatoms. The van der Waals surface area contributed by atoms with E-state index in [1.807, 2.05) is 41.5 Å². The van der Waals surface area contributed by atoms with Gasteiger partial charge in [-0.25, -0.2) is 9.59 Å². The van der Waals surface area contributed by atoms with E-state index < -0.39 is 12.1 Å². The van der Waals surface area contributed by atoms with Crippen LogP contribution >= 0.6 is 0 Å². The fourth-order valence-electron chi connectivity index (χ4n) is 1.67. The first-order valence-electron chi connectivity index (χ1n) is 7.71. The van der Waals surface area contributed by atoms with Crippen LogP contribution in [0.25, 0.3) is 0 Å². The number of esters is 1. The normalized spacial score (nSPS) is 12.7. The van der Waals surface area contributed by atoms with Crippen molar-refractivity contribution in [1.82, 2.24) is 4.90 Å². The van der Waals surface area contributed by atoms with Crippen molar-refractivity contribution in [3.05, 3.63) is 0 Å². The lowest BCUT2D eigenvalue weighted by atomic mass is 10.0. The molecule has 1 unspecified atom stereocenters. The Morgan fingerprint density at radius 1 is 0.857 bits per heavy atom. The third-order valence-corrected chi connectivity index (χ3v) is 2.82. The summed E-state index contributed by atoms with van der Waals surface area (Å²) in [5, 5.41) is 0. The molecule has 0 aliphatic heterocycles. The summed E-state index contributed by atoms with van der Waals surface area (Å²) in [4.78, 5) is 25.6. The molecule has 0 fully saturated rings. The number of carbonyl (C=O) groups excluding carboxylic acids is 2. The monoisotopic (exact) mass is 301 g/mol. The highest BCUT2D eigenvalue weighted by Gasteiger charge is 2.30. The number of hydrogen-bond donors (Lipinski definition) is 0. The molecule has 0 heterocycles. The van der Waals surface area contributed by atoms with Gasteiger partial charge in [0.1, 0.15) is 6.04 Å². The standard InChI is InChI=1S/C16H31NO4/c1-11(2)8-14(15(18)20-9-12(3)4)17(7)16(19)21-10-13(5)6/h11-14H,8-10H2,1-7H3. The van der Waals surface area contributed by atoms with Crippen molar-refractivity contribution in [2.45, 2.75) is 54.0 Å². The summed E-state index contributed by atoms with van der Waals surface area (Å²) < 4.78 is 10.5. The number of rotatable bonds is 8. The lowest BCUT2D eigenvalue weighted by Crippen LogP contribution is -2.44. The first kappa shape index (κ1) is 19.7. The van der Waals surface area contributed by atoms with Crippen molar-refractivity contribution < 1.29 is 19.1 Å². The predicted octanol–water partition coefficient (Wildman–Crippen LogP) is 3.32. The summed E-state index contributed by atoms with van der Waals surface area (Å²) in [5.74, 6) is 0.453. The maximum Gasteiger partial charge on any atom is 0.410 e. The van der Waals surface area contributed by atoms with E-state index in [0.29, 0.717) is 19.6 Å². The second-order valence-corrected chi connectivity index (χ2v) is 6.75. The van der Waals surface area contributed by atoms with Gasteiger partial charge in [0.25, 0.3) is 0 Å². The molecule has 0 rings (SSSR count). The van der Waals surface area contributed by atoms with E-state index in [1.54, 1.807) is 7.05 Å². The Balaban J connectivity index is 4.71. The van der Waals surface area contributed by atoms with E-state index in [-0.39, 0.29) is 23.7 Å². The van der Waals surface area contributed by atoms with Gasteiger partial charge in [-0.1, -0.05) is 41.5 Å². The fourth-order valence-corrected chi connectivity index (χ4v) is 1.67. The maximum absolute atomic E-state index is 12.2. The minimum atomic E-state index is -0.594. The van der Waals surface area contributed by atoms with E-state index in [1.165, 1.54) is 4.90 Å². The molecule has 21 heavy (non-hydrogen) atoms. The highest BCUT2D eigenvalue weighted by molar-refractivity contribution is 5.81. The number of carbonyl (C=O) groups is 2. The molecule has 1 amide bonds. The highest BCUT2D eigenvalue weighted by atomic mass is 16.6. The number of amides is 1. The van der Waals surface area contributed by atoms with Gasteiger partial charge in [-0.05, 0) is 24.2 Å². The van der Waals surface area contributed by atoms with Crippen molar-refractivity contribution in [1.29, 1.82) is 0 Å². The minimum Gasteiger partial charge on any atom is -0.464 e. The van der Waals surface area contributed by atoms with E-state index >= 15 is 0 Å². The molecule has 0 N–H and O–H groups in total. The van der Waals surface area contributed by atoms with Crippen LogP contribution in [0.4, 0.5) is 4.79 Å². The van der Waals surface area contributed by atoms with E-state index in [4.69, 9.17) is 9.47 Å². The Hall–Kier alpha value is -1.26. The Kier molecular flexibility index (Phi) is 9.06. The van der Waals surface area contributed by atoms with Crippen LogP contribution in [0, 0.1) is 17.8 Å². The zero-order chi connectivity index (χ0) is 16.6. The lowest BCUT2D eigenvalue weighted by Gasteiger charge is -2.27. The zero-order valence-electron chi connectivity index (χ0n) is 14.5. The Bertz CT molecular complexity index is 326. The van der Waals surface area contributed by atoms with Gasteiger partial charge in [0.2, 0.25) is 0 Å². The van der Waals surface area contributed by atoms with Gasteiger partial charge in [-0.3, -0.25) is 4.90 Å². The summed E-state index contributed by atoms with van der Waals surface area (Å²) in [7, 11) is 1.59. The topological polar surface area (TPSA) is 55.8 Å². The molecular weight excluding hydrogens is 270 g/mol. The number of ether oxygens (including phenoxy) is 2. The minimum absolute atomic E-state index is 0.263. The van der Waals surface area contributed by atoms with Gasteiger partial charge in [0, 0.05) is 7.05 Å². The molecule has 0 bridgehead atoms. The molecule has 0 aliphatic rings. The van der Waals surface area contributed by atoms with Crippen LogP contribution in [-0.2, 0) is 14.3 Å². The molecule has 124 valence electrons. The van der Waals surface area contributed by atoms with Crippen LogP contribution in [0.15, 0.2) is 0 Å². The average Bonchev–Trinajstić information content (AvgIpc) is 2.38. The third kappa shape index (κ3) is 8.58. The van der Waals surface area contributed by atoms with Gasteiger partial charge < -0.3 is 9.47 Å². The Morgan fingerprint density at radius 2 is 1.33 bits per heavy atom. The largest absolute Gasteiger partial charge is 0.464 e. The number of likely N-dealkylation sites (N-methyl/N-ethyl adjacent to an activating group) is 1. The molecule has 0 aliphatic carbocycles. The zero-order valence-corrected chi connectivity index (χ0v) is 14.5. The third-order valence-electron chi connectivity index (χ3n) is 2.82. The molecule has 0 aromatic heterocycles. The quantitative estimate of drug-likeness (QED) is 0.645. The Morgan fingerprint density at radius 3 is 1.76 bits per heavy atom. The molecule has 0 aromatic rings. The Labute approximate surface area is 129 Å². The van der Waals surface area contributed by atoms with Crippen LogP contribution in [0.5, 0.6) is 0 Å². The van der Waals surface area contributed by atoms with Crippen molar-refractivity contribution >= 4 is 12.1 Å². The number of hydrogen-bond acceptors (Lipinski definition) is 4.